The number of hydrogen-bond acceptors (Lipinski definition) is 5. The van der Waals surface area contributed by atoms with Gasteiger partial charge >= 0.3 is 0 Å². The minimum absolute atomic E-state index is 0.0258. The highest BCUT2D eigenvalue weighted by molar-refractivity contribution is 7.11. The lowest BCUT2D eigenvalue weighted by Crippen LogP contribution is -2.46. The SMILES string of the molecule is CC(=O)N(CCN1CCOCC1)CC(=O)N(Cc1ccccc1)Cc1ccc(C)s1. The molecule has 1 aromatic heterocycles. The molecule has 2 heterocycles. The molecule has 1 saturated heterocycles. The van der Waals surface area contributed by atoms with E-state index in [4.69, 9.17) is 4.74 Å². The molecule has 2 amide bonds. The molecule has 0 N–H and O–H groups in total. The number of thiophene rings is 1. The van der Waals surface area contributed by atoms with Gasteiger partial charge in [-0.2, -0.15) is 0 Å². The van der Waals surface area contributed by atoms with Gasteiger partial charge in [0.25, 0.3) is 0 Å². The molecule has 2 aromatic rings. The quantitative estimate of drug-likeness (QED) is 0.615. The van der Waals surface area contributed by atoms with Crippen LogP contribution in [-0.2, 0) is 27.4 Å². The molecule has 0 bridgehead atoms. The Labute approximate surface area is 183 Å². The largest absolute Gasteiger partial charge is 0.379 e. The van der Waals surface area contributed by atoms with Crippen LogP contribution in [0.5, 0.6) is 0 Å². The molecule has 7 heteroatoms. The smallest absolute Gasteiger partial charge is 0.242 e. The molecular weight excluding hydrogens is 398 g/mol. The van der Waals surface area contributed by atoms with Crippen molar-refractivity contribution in [1.82, 2.24) is 14.7 Å². The molecule has 162 valence electrons. The van der Waals surface area contributed by atoms with E-state index in [-0.39, 0.29) is 18.4 Å². The van der Waals surface area contributed by atoms with Crippen molar-refractivity contribution in [2.24, 2.45) is 0 Å². The number of carbonyl (C=O) groups is 2. The lowest BCUT2D eigenvalue weighted by Gasteiger charge is -2.31. The zero-order valence-corrected chi connectivity index (χ0v) is 18.7. The Morgan fingerprint density at radius 1 is 1.03 bits per heavy atom. The average Bonchev–Trinajstić information content (AvgIpc) is 3.16. The zero-order chi connectivity index (χ0) is 21.3. The Morgan fingerprint density at radius 3 is 2.40 bits per heavy atom. The number of morpholine rings is 1. The highest BCUT2D eigenvalue weighted by Crippen LogP contribution is 2.19. The topological polar surface area (TPSA) is 53.1 Å². The number of carbonyl (C=O) groups excluding carboxylic acids is 2. The summed E-state index contributed by atoms with van der Waals surface area (Å²) in [7, 11) is 0. The molecule has 0 atom stereocenters. The van der Waals surface area contributed by atoms with Crippen molar-refractivity contribution in [3.8, 4) is 0 Å². The molecule has 1 aliphatic heterocycles. The lowest BCUT2D eigenvalue weighted by molar-refractivity contribution is -0.140. The van der Waals surface area contributed by atoms with Gasteiger partial charge in [-0.05, 0) is 24.6 Å². The molecule has 6 nitrogen and oxygen atoms in total. The molecule has 0 radical (unpaired) electrons. The minimum atomic E-state index is -0.0664. The Balaban J connectivity index is 1.65. The second-order valence-corrected chi connectivity index (χ2v) is 9.01. The highest BCUT2D eigenvalue weighted by Gasteiger charge is 2.21. The fourth-order valence-electron chi connectivity index (χ4n) is 3.49. The highest BCUT2D eigenvalue weighted by atomic mass is 32.1. The van der Waals surface area contributed by atoms with Gasteiger partial charge in [-0.15, -0.1) is 11.3 Å². The van der Waals surface area contributed by atoms with Gasteiger partial charge < -0.3 is 14.5 Å². The summed E-state index contributed by atoms with van der Waals surface area (Å²) >= 11 is 1.71. The third kappa shape index (κ3) is 6.93. The van der Waals surface area contributed by atoms with Crippen LogP contribution in [0.15, 0.2) is 42.5 Å². The monoisotopic (exact) mass is 429 g/mol. The maximum absolute atomic E-state index is 13.2. The standard InChI is InChI=1S/C23H31N3O3S/c1-19-8-9-22(30-19)17-26(16-21-6-4-3-5-7-21)23(28)18-25(20(2)27)11-10-24-12-14-29-15-13-24/h3-9H,10-18H2,1-2H3. The van der Waals surface area contributed by atoms with Crippen LogP contribution in [0, 0.1) is 6.92 Å². The number of benzene rings is 1. The van der Waals surface area contributed by atoms with Crippen molar-refractivity contribution >= 4 is 23.2 Å². The van der Waals surface area contributed by atoms with Crippen LogP contribution >= 0.6 is 11.3 Å². The van der Waals surface area contributed by atoms with Crippen LogP contribution in [0.1, 0.15) is 22.2 Å². The molecule has 3 rings (SSSR count). The van der Waals surface area contributed by atoms with Gasteiger partial charge in [0.15, 0.2) is 0 Å². The molecule has 0 saturated carbocycles. The lowest BCUT2D eigenvalue weighted by atomic mass is 10.2. The first-order chi connectivity index (χ1) is 14.5. The third-order valence-electron chi connectivity index (χ3n) is 5.27. The van der Waals surface area contributed by atoms with E-state index >= 15 is 0 Å². The summed E-state index contributed by atoms with van der Waals surface area (Å²) in [6.07, 6.45) is 0. The summed E-state index contributed by atoms with van der Waals surface area (Å²) in [5.41, 5.74) is 1.09. The molecule has 0 aliphatic carbocycles. The summed E-state index contributed by atoms with van der Waals surface area (Å²) in [5.74, 6) is -0.0923. The van der Waals surface area contributed by atoms with Crippen molar-refractivity contribution in [2.45, 2.75) is 26.9 Å². The number of nitrogens with zero attached hydrogens (tertiary/aromatic N) is 3. The summed E-state index contributed by atoms with van der Waals surface area (Å²) in [5, 5.41) is 0. The number of aryl methyl sites for hydroxylation is 1. The first-order valence-corrected chi connectivity index (χ1v) is 11.3. The number of rotatable bonds is 9. The van der Waals surface area contributed by atoms with Gasteiger partial charge in [0.05, 0.1) is 26.3 Å². The van der Waals surface area contributed by atoms with Crippen molar-refractivity contribution in [3.05, 3.63) is 57.8 Å². The molecule has 30 heavy (non-hydrogen) atoms. The van der Waals surface area contributed by atoms with Crippen molar-refractivity contribution in [1.29, 1.82) is 0 Å². The number of ether oxygens (including phenoxy) is 1. The van der Waals surface area contributed by atoms with Crippen molar-refractivity contribution in [3.63, 3.8) is 0 Å². The van der Waals surface area contributed by atoms with Crippen LogP contribution in [0.4, 0.5) is 0 Å². The van der Waals surface area contributed by atoms with Crippen LogP contribution in [0.2, 0.25) is 0 Å². The van der Waals surface area contributed by atoms with Crippen molar-refractivity contribution in [2.75, 3.05) is 45.9 Å². The first kappa shape index (κ1) is 22.5. The predicted octanol–water partition coefficient (Wildman–Crippen LogP) is 2.77. The summed E-state index contributed by atoms with van der Waals surface area (Å²) in [4.78, 5) is 33.6. The van der Waals surface area contributed by atoms with E-state index in [1.807, 2.05) is 35.2 Å². The Morgan fingerprint density at radius 2 is 1.77 bits per heavy atom. The average molecular weight is 430 g/mol. The van der Waals surface area contributed by atoms with Crippen LogP contribution < -0.4 is 0 Å². The minimum Gasteiger partial charge on any atom is -0.379 e. The second-order valence-electron chi connectivity index (χ2n) is 7.64. The Kier molecular flexibility index (Phi) is 8.42. The summed E-state index contributed by atoms with van der Waals surface area (Å²) in [6, 6.07) is 14.2. The molecule has 1 fully saturated rings. The molecule has 0 unspecified atom stereocenters. The van der Waals surface area contributed by atoms with E-state index < -0.39 is 0 Å². The van der Waals surface area contributed by atoms with E-state index in [1.54, 1.807) is 16.2 Å². The van der Waals surface area contributed by atoms with Crippen LogP contribution in [0.3, 0.4) is 0 Å². The van der Waals surface area contributed by atoms with E-state index in [0.717, 1.165) is 43.3 Å². The molecular formula is C23H31N3O3S. The van der Waals surface area contributed by atoms with Gasteiger partial charge in [-0.25, -0.2) is 0 Å². The van der Waals surface area contributed by atoms with Gasteiger partial charge in [0.2, 0.25) is 11.8 Å². The predicted molar refractivity (Wildman–Crippen MR) is 119 cm³/mol. The Hall–Kier alpha value is -2.22. The molecule has 1 aliphatic rings. The van der Waals surface area contributed by atoms with Gasteiger partial charge in [-0.1, -0.05) is 30.3 Å². The third-order valence-corrected chi connectivity index (χ3v) is 6.26. The number of amides is 2. The molecule has 0 spiro atoms. The van der Waals surface area contributed by atoms with Gasteiger partial charge in [0, 0.05) is 49.4 Å². The maximum Gasteiger partial charge on any atom is 0.242 e. The Bertz CT molecular complexity index is 818. The van der Waals surface area contributed by atoms with Crippen LogP contribution in [0.25, 0.3) is 0 Å². The van der Waals surface area contributed by atoms with E-state index in [1.165, 1.54) is 11.8 Å². The van der Waals surface area contributed by atoms with E-state index in [2.05, 4.69) is 24.0 Å². The summed E-state index contributed by atoms with van der Waals surface area (Å²) in [6.45, 7) is 9.32. The van der Waals surface area contributed by atoms with E-state index in [9.17, 15) is 9.59 Å². The van der Waals surface area contributed by atoms with Gasteiger partial charge in [0.1, 0.15) is 0 Å². The van der Waals surface area contributed by atoms with Crippen LogP contribution in [-0.4, -0.2) is 72.5 Å². The van der Waals surface area contributed by atoms with Crippen molar-refractivity contribution < 1.29 is 14.3 Å². The molecule has 1 aromatic carbocycles. The summed E-state index contributed by atoms with van der Waals surface area (Å²) < 4.78 is 5.38. The fraction of sp³-hybridized carbons (Fsp3) is 0.478. The first-order valence-electron chi connectivity index (χ1n) is 10.4. The number of hydrogen-bond donors (Lipinski definition) is 0. The normalized spacial score (nSPS) is 14.5. The zero-order valence-electron chi connectivity index (χ0n) is 17.9. The maximum atomic E-state index is 13.2. The fourth-order valence-corrected chi connectivity index (χ4v) is 4.40. The van der Waals surface area contributed by atoms with E-state index in [0.29, 0.717) is 19.6 Å². The second kappa shape index (κ2) is 11.2. The van der Waals surface area contributed by atoms with Gasteiger partial charge in [-0.3, -0.25) is 14.5 Å².